The molecule has 0 aliphatic rings. The molecule has 170 valence electrons. The Labute approximate surface area is 183 Å². The van der Waals surface area contributed by atoms with Crippen LogP contribution in [0.2, 0.25) is 5.02 Å². The number of hydrogen-bond donors (Lipinski definition) is 2. The molecule has 2 amide bonds. The van der Waals surface area contributed by atoms with Gasteiger partial charge in [0, 0.05) is 29.3 Å². The van der Waals surface area contributed by atoms with E-state index in [1.807, 2.05) is 5.32 Å². The fourth-order valence-electron chi connectivity index (χ4n) is 2.38. The van der Waals surface area contributed by atoms with Crippen molar-refractivity contribution in [1.29, 1.82) is 0 Å². The highest BCUT2D eigenvalue weighted by molar-refractivity contribution is 6.30. The Bertz CT molecular complexity index is 1030. The largest absolute Gasteiger partial charge is 0.456 e. The van der Waals surface area contributed by atoms with Gasteiger partial charge >= 0.3 is 12.1 Å². The zero-order valence-corrected chi connectivity index (χ0v) is 16.8. The summed E-state index contributed by atoms with van der Waals surface area (Å²) >= 11 is 5.72. The maximum atomic E-state index is 13.1. The number of nitrogens with one attached hydrogen (secondary N) is 2. The van der Waals surface area contributed by atoms with Gasteiger partial charge in [-0.2, -0.15) is 13.2 Å². The van der Waals surface area contributed by atoms with Gasteiger partial charge in [-0.25, -0.2) is 0 Å². The van der Waals surface area contributed by atoms with E-state index in [1.165, 1.54) is 24.3 Å². The second-order valence-electron chi connectivity index (χ2n) is 6.21. The molecule has 0 radical (unpaired) electrons. The number of amides is 2. The van der Waals surface area contributed by atoms with Crippen molar-refractivity contribution in [3.05, 3.63) is 68.7 Å². The Balaban J connectivity index is 1.83. The Morgan fingerprint density at radius 2 is 1.75 bits per heavy atom. The molecule has 0 heterocycles. The number of carbonyl (C=O) groups is 3. The number of carbonyl (C=O) groups excluding carboxylic acids is 3. The third-order valence-corrected chi connectivity index (χ3v) is 4.13. The summed E-state index contributed by atoms with van der Waals surface area (Å²) < 4.78 is 44.0. The van der Waals surface area contributed by atoms with E-state index in [1.54, 1.807) is 0 Å². The van der Waals surface area contributed by atoms with Crippen LogP contribution < -0.4 is 10.6 Å². The predicted molar refractivity (Wildman–Crippen MR) is 106 cm³/mol. The Kier molecular flexibility index (Phi) is 8.13. The summed E-state index contributed by atoms with van der Waals surface area (Å²) in [7, 11) is 0. The first-order valence-electron chi connectivity index (χ1n) is 8.82. The number of benzene rings is 2. The molecule has 2 rings (SSSR count). The molecule has 0 spiro atoms. The van der Waals surface area contributed by atoms with Gasteiger partial charge in [0.05, 0.1) is 22.6 Å². The van der Waals surface area contributed by atoms with Crippen LogP contribution in [0.4, 0.5) is 24.5 Å². The average molecular weight is 474 g/mol. The summed E-state index contributed by atoms with van der Waals surface area (Å²) in [6, 6.07) is 7.79. The van der Waals surface area contributed by atoms with Crippen LogP contribution in [0.25, 0.3) is 0 Å². The fourth-order valence-corrected chi connectivity index (χ4v) is 2.50. The van der Waals surface area contributed by atoms with Gasteiger partial charge in [0.2, 0.25) is 0 Å². The number of ether oxygens (including phenoxy) is 1. The molecule has 32 heavy (non-hydrogen) atoms. The SMILES string of the molecule is O=C(COC(=O)CCNC(=O)c1ccc(Cl)cc1)Nc1ccc([N+](=O)[O-])cc1C(F)(F)F. The van der Waals surface area contributed by atoms with E-state index in [4.69, 9.17) is 11.6 Å². The van der Waals surface area contributed by atoms with Crippen LogP contribution in [0.15, 0.2) is 42.5 Å². The lowest BCUT2D eigenvalue weighted by Crippen LogP contribution is -2.28. The lowest BCUT2D eigenvalue weighted by atomic mass is 10.1. The predicted octanol–water partition coefficient (Wildman–Crippen LogP) is 3.57. The number of non-ortho nitro benzene ring substituents is 1. The minimum Gasteiger partial charge on any atom is -0.456 e. The van der Waals surface area contributed by atoms with E-state index in [-0.39, 0.29) is 19.0 Å². The van der Waals surface area contributed by atoms with Gasteiger partial charge in [0.15, 0.2) is 6.61 Å². The zero-order chi connectivity index (χ0) is 23.9. The average Bonchev–Trinajstić information content (AvgIpc) is 2.72. The highest BCUT2D eigenvalue weighted by Gasteiger charge is 2.35. The van der Waals surface area contributed by atoms with Gasteiger partial charge in [0.1, 0.15) is 0 Å². The van der Waals surface area contributed by atoms with Crippen molar-refractivity contribution in [2.24, 2.45) is 0 Å². The number of nitro groups is 1. The molecular weight excluding hydrogens is 459 g/mol. The summed E-state index contributed by atoms with van der Waals surface area (Å²) in [5.74, 6) is -2.43. The van der Waals surface area contributed by atoms with Crippen molar-refractivity contribution in [3.8, 4) is 0 Å². The van der Waals surface area contributed by atoms with Crippen LogP contribution in [-0.4, -0.2) is 35.9 Å². The van der Waals surface area contributed by atoms with Crippen LogP contribution in [0.5, 0.6) is 0 Å². The number of nitrogens with zero attached hydrogens (tertiary/aromatic N) is 1. The molecule has 0 saturated carbocycles. The molecule has 0 saturated heterocycles. The van der Waals surface area contributed by atoms with Crippen molar-refractivity contribution in [1.82, 2.24) is 5.32 Å². The number of rotatable bonds is 8. The first-order chi connectivity index (χ1) is 15.0. The summed E-state index contributed by atoms with van der Waals surface area (Å²) in [6.45, 7) is -0.999. The van der Waals surface area contributed by atoms with Crippen LogP contribution in [0, 0.1) is 10.1 Å². The Morgan fingerprint density at radius 1 is 1.09 bits per heavy atom. The van der Waals surface area contributed by atoms with Crippen LogP contribution >= 0.6 is 11.6 Å². The Hall–Kier alpha value is -3.67. The molecule has 2 aromatic rings. The third kappa shape index (κ3) is 7.23. The van der Waals surface area contributed by atoms with Gasteiger partial charge in [-0.3, -0.25) is 24.5 Å². The van der Waals surface area contributed by atoms with E-state index in [0.29, 0.717) is 10.6 Å². The molecule has 0 atom stereocenters. The quantitative estimate of drug-likeness (QED) is 0.343. The summed E-state index contributed by atoms with van der Waals surface area (Å²) in [6.07, 6.45) is -5.26. The number of halogens is 4. The van der Waals surface area contributed by atoms with Gasteiger partial charge in [-0.05, 0) is 30.3 Å². The standard InChI is InChI=1S/C19H15ClF3N3O6/c20-12-3-1-11(2-4-12)18(29)24-8-7-17(28)32-10-16(27)25-15-6-5-13(26(30)31)9-14(15)19(21,22)23/h1-6,9H,7-8,10H2,(H,24,29)(H,25,27). The van der Waals surface area contributed by atoms with Crippen molar-refractivity contribution in [2.45, 2.75) is 12.6 Å². The number of esters is 1. The lowest BCUT2D eigenvalue weighted by molar-refractivity contribution is -0.385. The second kappa shape index (κ2) is 10.6. The smallest absolute Gasteiger partial charge is 0.418 e. The molecule has 0 fully saturated rings. The maximum absolute atomic E-state index is 13.1. The first-order valence-corrected chi connectivity index (χ1v) is 9.20. The van der Waals surface area contributed by atoms with E-state index < -0.39 is 52.4 Å². The minimum atomic E-state index is -4.96. The first kappa shape index (κ1) is 24.6. The van der Waals surface area contributed by atoms with Gasteiger partial charge < -0.3 is 15.4 Å². The third-order valence-electron chi connectivity index (χ3n) is 3.88. The minimum absolute atomic E-state index is 0.109. The molecule has 2 N–H and O–H groups in total. The van der Waals surface area contributed by atoms with Crippen molar-refractivity contribution >= 4 is 40.8 Å². The zero-order valence-electron chi connectivity index (χ0n) is 16.1. The summed E-state index contributed by atoms with van der Waals surface area (Å²) in [4.78, 5) is 45.1. The number of nitro benzene ring substituents is 1. The highest BCUT2D eigenvalue weighted by atomic mass is 35.5. The Morgan fingerprint density at radius 3 is 2.34 bits per heavy atom. The molecule has 2 aromatic carbocycles. The van der Waals surface area contributed by atoms with E-state index in [0.717, 1.165) is 12.1 Å². The van der Waals surface area contributed by atoms with Crippen molar-refractivity contribution in [3.63, 3.8) is 0 Å². The molecule has 0 aliphatic carbocycles. The van der Waals surface area contributed by atoms with Crippen LogP contribution in [-0.2, 0) is 20.5 Å². The number of hydrogen-bond acceptors (Lipinski definition) is 6. The molecule has 0 bridgehead atoms. The highest BCUT2D eigenvalue weighted by Crippen LogP contribution is 2.37. The maximum Gasteiger partial charge on any atom is 0.418 e. The topological polar surface area (TPSA) is 128 Å². The molecule has 0 aromatic heterocycles. The molecule has 13 heteroatoms. The van der Waals surface area contributed by atoms with E-state index in [9.17, 15) is 37.7 Å². The molecule has 0 unspecified atom stereocenters. The van der Waals surface area contributed by atoms with Crippen molar-refractivity contribution < 1.29 is 37.2 Å². The van der Waals surface area contributed by atoms with Gasteiger partial charge in [0.25, 0.3) is 17.5 Å². The fraction of sp³-hybridized carbons (Fsp3) is 0.211. The van der Waals surface area contributed by atoms with E-state index in [2.05, 4.69) is 10.1 Å². The van der Waals surface area contributed by atoms with Crippen LogP contribution in [0.1, 0.15) is 22.3 Å². The monoisotopic (exact) mass is 473 g/mol. The second-order valence-corrected chi connectivity index (χ2v) is 6.64. The van der Waals surface area contributed by atoms with Crippen LogP contribution in [0.3, 0.4) is 0 Å². The normalized spacial score (nSPS) is 10.9. The number of anilines is 1. The van der Waals surface area contributed by atoms with Gasteiger partial charge in [-0.1, -0.05) is 11.6 Å². The van der Waals surface area contributed by atoms with E-state index >= 15 is 0 Å². The summed E-state index contributed by atoms with van der Waals surface area (Å²) in [5, 5.41) is 15.5. The van der Waals surface area contributed by atoms with Crippen molar-refractivity contribution in [2.75, 3.05) is 18.5 Å². The van der Waals surface area contributed by atoms with Gasteiger partial charge in [-0.15, -0.1) is 0 Å². The molecule has 9 nitrogen and oxygen atoms in total. The molecular formula is C19H15ClF3N3O6. The lowest BCUT2D eigenvalue weighted by Gasteiger charge is -2.13. The number of alkyl halides is 3. The summed E-state index contributed by atoms with van der Waals surface area (Å²) in [5.41, 5.74) is -2.64. The molecule has 0 aliphatic heterocycles.